The summed E-state index contributed by atoms with van der Waals surface area (Å²) in [6, 6.07) is 19.1. The molecule has 0 bridgehead atoms. The summed E-state index contributed by atoms with van der Waals surface area (Å²) in [6.07, 6.45) is 0. The van der Waals surface area contributed by atoms with Crippen molar-refractivity contribution in [2.24, 2.45) is 0 Å². The molecule has 27 heavy (non-hydrogen) atoms. The van der Waals surface area contributed by atoms with Crippen molar-refractivity contribution in [1.82, 2.24) is 4.98 Å². The summed E-state index contributed by atoms with van der Waals surface area (Å²) in [6.45, 7) is 6.08. The standard InChI is InChI=1S/C23H20N2O2/c1-14-6-4-7-17(10-14)22(26)24-19-9-5-8-18(13-19)23-25-20-11-15(2)16(3)12-21(20)27-23/h4-13H,1-3H3,(H,24,26). The van der Waals surface area contributed by atoms with Crippen LogP contribution in [0.2, 0.25) is 0 Å². The molecule has 4 rings (SSSR count). The highest BCUT2D eigenvalue weighted by molar-refractivity contribution is 6.04. The maximum atomic E-state index is 12.5. The number of rotatable bonds is 3. The first-order valence-corrected chi connectivity index (χ1v) is 8.86. The fraction of sp³-hybridized carbons (Fsp3) is 0.130. The molecule has 0 unspecified atom stereocenters. The maximum Gasteiger partial charge on any atom is 0.255 e. The number of fused-ring (bicyclic) bond motifs is 1. The smallest absolute Gasteiger partial charge is 0.255 e. The van der Waals surface area contributed by atoms with Gasteiger partial charge in [-0.2, -0.15) is 0 Å². The topological polar surface area (TPSA) is 55.1 Å². The Hall–Kier alpha value is -3.40. The van der Waals surface area contributed by atoms with Crippen LogP contribution in [-0.2, 0) is 0 Å². The number of hydrogen-bond acceptors (Lipinski definition) is 3. The lowest BCUT2D eigenvalue weighted by atomic mass is 10.1. The minimum absolute atomic E-state index is 0.139. The predicted octanol–water partition coefficient (Wildman–Crippen LogP) is 5.67. The number of oxazole rings is 1. The molecule has 0 atom stereocenters. The summed E-state index contributed by atoms with van der Waals surface area (Å²) in [5.74, 6) is 0.404. The van der Waals surface area contributed by atoms with E-state index in [4.69, 9.17) is 4.42 Å². The number of aromatic nitrogens is 1. The van der Waals surface area contributed by atoms with Gasteiger partial charge in [0.1, 0.15) is 5.52 Å². The normalized spacial score (nSPS) is 10.9. The number of carbonyl (C=O) groups is 1. The molecule has 1 aromatic heterocycles. The van der Waals surface area contributed by atoms with Crippen molar-refractivity contribution in [1.29, 1.82) is 0 Å². The van der Waals surface area contributed by atoms with Crippen LogP contribution in [0, 0.1) is 20.8 Å². The predicted molar refractivity (Wildman–Crippen MR) is 108 cm³/mol. The van der Waals surface area contributed by atoms with Crippen molar-refractivity contribution in [3.63, 3.8) is 0 Å². The average molecular weight is 356 g/mol. The van der Waals surface area contributed by atoms with Gasteiger partial charge in [-0.1, -0.05) is 23.8 Å². The third-order valence-corrected chi connectivity index (χ3v) is 4.65. The molecule has 0 fully saturated rings. The fourth-order valence-electron chi connectivity index (χ4n) is 3.02. The molecule has 0 saturated heterocycles. The number of benzene rings is 3. The van der Waals surface area contributed by atoms with E-state index in [1.165, 1.54) is 11.1 Å². The molecular weight excluding hydrogens is 336 g/mol. The van der Waals surface area contributed by atoms with Gasteiger partial charge in [0.25, 0.3) is 5.91 Å². The van der Waals surface area contributed by atoms with Crippen molar-refractivity contribution in [3.05, 3.63) is 82.9 Å². The molecule has 0 aliphatic rings. The molecule has 4 aromatic rings. The number of hydrogen-bond donors (Lipinski definition) is 1. The van der Waals surface area contributed by atoms with Gasteiger partial charge in [0.05, 0.1) is 0 Å². The van der Waals surface area contributed by atoms with Crippen molar-refractivity contribution < 1.29 is 9.21 Å². The highest BCUT2D eigenvalue weighted by Gasteiger charge is 2.11. The van der Waals surface area contributed by atoms with Gasteiger partial charge >= 0.3 is 0 Å². The van der Waals surface area contributed by atoms with E-state index >= 15 is 0 Å². The number of aryl methyl sites for hydroxylation is 3. The van der Waals surface area contributed by atoms with E-state index in [0.717, 1.165) is 22.2 Å². The first-order chi connectivity index (χ1) is 13.0. The van der Waals surface area contributed by atoms with Crippen LogP contribution < -0.4 is 5.32 Å². The zero-order valence-electron chi connectivity index (χ0n) is 15.5. The Balaban J connectivity index is 1.63. The maximum absolute atomic E-state index is 12.5. The third-order valence-electron chi connectivity index (χ3n) is 4.65. The van der Waals surface area contributed by atoms with Crippen LogP contribution in [0.5, 0.6) is 0 Å². The Bertz CT molecular complexity index is 1120. The highest BCUT2D eigenvalue weighted by atomic mass is 16.3. The highest BCUT2D eigenvalue weighted by Crippen LogP contribution is 2.28. The largest absolute Gasteiger partial charge is 0.436 e. The Morgan fingerprint density at radius 1 is 0.926 bits per heavy atom. The van der Waals surface area contributed by atoms with Crippen LogP contribution in [0.1, 0.15) is 27.0 Å². The quantitative estimate of drug-likeness (QED) is 0.514. The lowest BCUT2D eigenvalue weighted by molar-refractivity contribution is 0.102. The summed E-state index contributed by atoms with van der Waals surface area (Å²) in [5, 5.41) is 2.94. The molecule has 1 amide bonds. The molecule has 0 aliphatic heterocycles. The van der Waals surface area contributed by atoms with Gasteiger partial charge in [-0.3, -0.25) is 4.79 Å². The van der Waals surface area contributed by atoms with E-state index in [1.54, 1.807) is 6.07 Å². The molecule has 0 aliphatic carbocycles. The number of carbonyl (C=O) groups excluding carboxylic acids is 1. The van der Waals surface area contributed by atoms with Gasteiger partial charge < -0.3 is 9.73 Å². The summed E-state index contributed by atoms with van der Waals surface area (Å²) >= 11 is 0. The number of nitrogens with one attached hydrogen (secondary N) is 1. The minimum Gasteiger partial charge on any atom is -0.436 e. The van der Waals surface area contributed by atoms with Crippen molar-refractivity contribution in [3.8, 4) is 11.5 Å². The van der Waals surface area contributed by atoms with E-state index in [-0.39, 0.29) is 5.91 Å². The molecule has 1 heterocycles. The summed E-state index contributed by atoms with van der Waals surface area (Å²) in [5.41, 5.74) is 7.16. The molecule has 0 radical (unpaired) electrons. The second kappa shape index (κ2) is 6.72. The van der Waals surface area contributed by atoms with Gasteiger partial charge in [0.2, 0.25) is 5.89 Å². The van der Waals surface area contributed by atoms with E-state index in [0.29, 0.717) is 17.1 Å². The minimum atomic E-state index is -0.139. The van der Waals surface area contributed by atoms with Crippen molar-refractivity contribution in [2.75, 3.05) is 5.32 Å². The van der Waals surface area contributed by atoms with Crippen LogP contribution in [0.3, 0.4) is 0 Å². The SMILES string of the molecule is Cc1cccc(C(=O)Nc2cccc(-c3nc4cc(C)c(C)cc4o3)c2)c1. The van der Waals surface area contributed by atoms with Crippen LogP contribution in [0.15, 0.2) is 65.1 Å². The van der Waals surface area contributed by atoms with E-state index in [1.807, 2.05) is 61.5 Å². The lowest BCUT2D eigenvalue weighted by Gasteiger charge is -2.07. The first-order valence-electron chi connectivity index (χ1n) is 8.86. The van der Waals surface area contributed by atoms with E-state index in [9.17, 15) is 4.79 Å². The number of amides is 1. The third kappa shape index (κ3) is 3.47. The Morgan fingerprint density at radius 3 is 2.52 bits per heavy atom. The molecule has 0 saturated carbocycles. The lowest BCUT2D eigenvalue weighted by Crippen LogP contribution is -2.11. The van der Waals surface area contributed by atoms with Crippen LogP contribution in [0.4, 0.5) is 5.69 Å². The first kappa shape index (κ1) is 17.0. The Morgan fingerprint density at radius 2 is 1.70 bits per heavy atom. The number of anilines is 1. The van der Waals surface area contributed by atoms with E-state index < -0.39 is 0 Å². The summed E-state index contributed by atoms with van der Waals surface area (Å²) in [4.78, 5) is 17.1. The molecule has 4 nitrogen and oxygen atoms in total. The molecule has 0 spiro atoms. The molecular formula is C23H20N2O2. The summed E-state index contributed by atoms with van der Waals surface area (Å²) < 4.78 is 5.93. The van der Waals surface area contributed by atoms with Crippen LogP contribution >= 0.6 is 0 Å². The van der Waals surface area contributed by atoms with Crippen LogP contribution in [-0.4, -0.2) is 10.9 Å². The van der Waals surface area contributed by atoms with Gasteiger partial charge in [0.15, 0.2) is 5.58 Å². The van der Waals surface area contributed by atoms with Crippen molar-refractivity contribution in [2.45, 2.75) is 20.8 Å². The second-order valence-electron chi connectivity index (χ2n) is 6.83. The summed E-state index contributed by atoms with van der Waals surface area (Å²) in [7, 11) is 0. The van der Waals surface area contributed by atoms with Crippen molar-refractivity contribution >= 4 is 22.7 Å². The second-order valence-corrected chi connectivity index (χ2v) is 6.83. The molecule has 134 valence electrons. The van der Waals surface area contributed by atoms with Gasteiger partial charge in [-0.25, -0.2) is 4.98 Å². The van der Waals surface area contributed by atoms with Gasteiger partial charge in [-0.15, -0.1) is 0 Å². The Kier molecular flexibility index (Phi) is 4.24. The van der Waals surface area contributed by atoms with Crippen LogP contribution in [0.25, 0.3) is 22.6 Å². The van der Waals surface area contributed by atoms with Gasteiger partial charge in [0, 0.05) is 16.8 Å². The molecule has 3 aromatic carbocycles. The van der Waals surface area contributed by atoms with E-state index in [2.05, 4.69) is 24.1 Å². The monoisotopic (exact) mass is 356 g/mol. The molecule has 1 N–H and O–H groups in total. The zero-order chi connectivity index (χ0) is 19.0. The fourth-order valence-corrected chi connectivity index (χ4v) is 3.02. The Labute approximate surface area is 157 Å². The molecule has 4 heteroatoms. The average Bonchev–Trinajstić information content (AvgIpc) is 3.05. The van der Waals surface area contributed by atoms with Gasteiger partial charge in [-0.05, 0) is 74.4 Å². The number of nitrogens with zero attached hydrogens (tertiary/aromatic N) is 1. The zero-order valence-corrected chi connectivity index (χ0v) is 15.5.